The summed E-state index contributed by atoms with van der Waals surface area (Å²) in [7, 11) is 0. The molecule has 0 unspecified atom stereocenters. The Morgan fingerprint density at radius 3 is 2.80 bits per heavy atom. The SMILES string of the molecule is Cc1cnc(Cl)c(NC2CC(c3ccccc3F)C2)c1. The van der Waals surface area contributed by atoms with Gasteiger partial charge in [-0.25, -0.2) is 9.37 Å². The fourth-order valence-electron chi connectivity index (χ4n) is 2.67. The van der Waals surface area contributed by atoms with E-state index in [4.69, 9.17) is 11.6 Å². The lowest BCUT2D eigenvalue weighted by molar-refractivity contribution is 0.363. The highest BCUT2D eigenvalue weighted by Gasteiger charge is 2.32. The molecule has 1 heterocycles. The Kier molecular flexibility index (Phi) is 3.62. The second-order valence-electron chi connectivity index (χ2n) is 5.38. The van der Waals surface area contributed by atoms with E-state index in [1.807, 2.05) is 25.1 Å². The van der Waals surface area contributed by atoms with Crippen LogP contribution < -0.4 is 5.32 Å². The maximum absolute atomic E-state index is 13.7. The highest BCUT2D eigenvalue weighted by molar-refractivity contribution is 6.32. The number of aryl methyl sites for hydroxylation is 1. The normalized spacial score (nSPS) is 21.4. The molecular formula is C16H16ClFN2. The Hall–Kier alpha value is -1.61. The molecule has 3 rings (SSSR count). The average Bonchev–Trinajstić information content (AvgIpc) is 2.38. The fourth-order valence-corrected chi connectivity index (χ4v) is 2.83. The lowest BCUT2D eigenvalue weighted by Gasteiger charge is -2.37. The van der Waals surface area contributed by atoms with Crippen molar-refractivity contribution in [3.05, 3.63) is 58.6 Å². The molecule has 0 atom stereocenters. The van der Waals surface area contributed by atoms with Crippen molar-refractivity contribution in [2.45, 2.75) is 31.7 Å². The van der Waals surface area contributed by atoms with E-state index in [1.54, 1.807) is 12.3 Å². The van der Waals surface area contributed by atoms with Crippen LogP contribution in [0.2, 0.25) is 5.15 Å². The summed E-state index contributed by atoms with van der Waals surface area (Å²) in [5.74, 6) is 0.191. The van der Waals surface area contributed by atoms with Crippen LogP contribution in [0.25, 0.3) is 0 Å². The Balaban J connectivity index is 1.64. The van der Waals surface area contributed by atoms with Crippen LogP contribution in [0.1, 0.15) is 29.9 Å². The minimum absolute atomic E-state index is 0.105. The standard InChI is InChI=1S/C16H16ClFN2/c1-10-6-15(16(17)19-9-10)20-12-7-11(8-12)13-4-2-3-5-14(13)18/h2-6,9,11-12,20H,7-8H2,1H3. The van der Waals surface area contributed by atoms with Gasteiger partial charge in [0.05, 0.1) is 5.69 Å². The zero-order valence-electron chi connectivity index (χ0n) is 11.2. The second kappa shape index (κ2) is 5.41. The van der Waals surface area contributed by atoms with Gasteiger partial charge in [-0.15, -0.1) is 0 Å². The van der Waals surface area contributed by atoms with E-state index in [0.29, 0.717) is 17.1 Å². The van der Waals surface area contributed by atoms with Gasteiger partial charge >= 0.3 is 0 Å². The van der Waals surface area contributed by atoms with E-state index < -0.39 is 0 Å². The van der Waals surface area contributed by atoms with Gasteiger partial charge in [0, 0.05) is 12.2 Å². The summed E-state index contributed by atoms with van der Waals surface area (Å²) in [6, 6.07) is 9.34. The molecule has 0 saturated heterocycles. The Labute approximate surface area is 123 Å². The van der Waals surface area contributed by atoms with Crippen LogP contribution in [0, 0.1) is 12.7 Å². The first-order valence-electron chi connectivity index (χ1n) is 6.76. The molecule has 1 aliphatic carbocycles. The second-order valence-corrected chi connectivity index (χ2v) is 5.74. The molecule has 1 aromatic heterocycles. The van der Waals surface area contributed by atoms with Crippen molar-refractivity contribution in [1.29, 1.82) is 0 Å². The van der Waals surface area contributed by atoms with Crippen molar-refractivity contribution < 1.29 is 4.39 Å². The molecule has 2 aromatic rings. The molecule has 0 bridgehead atoms. The van der Waals surface area contributed by atoms with E-state index in [1.165, 1.54) is 6.07 Å². The highest BCUT2D eigenvalue weighted by atomic mass is 35.5. The molecule has 2 nitrogen and oxygen atoms in total. The van der Waals surface area contributed by atoms with E-state index >= 15 is 0 Å². The summed E-state index contributed by atoms with van der Waals surface area (Å²) in [6.07, 6.45) is 3.59. The van der Waals surface area contributed by atoms with Crippen LogP contribution in [-0.2, 0) is 0 Å². The lowest BCUT2D eigenvalue weighted by Crippen LogP contribution is -2.34. The molecule has 0 radical (unpaired) electrons. The number of pyridine rings is 1. The molecule has 20 heavy (non-hydrogen) atoms. The topological polar surface area (TPSA) is 24.9 Å². The van der Waals surface area contributed by atoms with E-state index in [0.717, 1.165) is 29.7 Å². The zero-order valence-corrected chi connectivity index (χ0v) is 12.0. The molecule has 1 saturated carbocycles. The van der Waals surface area contributed by atoms with E-state index in [9.17, 15) is 4.39 Å². The van der Waals surface area contributed by atoms with Crippen molar-refractivity contribution in [1.82, 2.24) is 4.98 Å². The van der Waals surface area contributed by atoms with Crippen LogP contribution in [0.4, 0.5) is 10.1 Å². The number of hydrogen-bond donors (Lipinski definition) is 1. The maximum Gasteiger partial charge on any atom is 0.152 e. The monoisotopic (exact) mass is 290 g/mol. The van der Waals surface area contributed by atoms with Crippen molar-refractivity contribution in [2.75, 3.05) is 5.32 Å². The van der Waals surface area contributed by atoms with Gasteiger partial charge in [-0.05, 0) is 48.9 Å². The van der Waals surface area contributed by atoms with E-state index in [2.05, 4.69) is 10.3 Å². The summed E-state index contributed by atoms with van der Waals surface area (Å²) in [5, 5.41) is 3.88. The van der Waals surface area contributed by atoms with Gasteiger partial charge in [0.2, 0.25) is 0 Å². The third-order valence-corrected chi connectivity index (χ3v) is 4.12. The number of halogens is 2. The van der Waals surface area contributed by atoms with Gasteiger partial charge in [0.25, 0.3) is 0 Å². The fraction of sp³-hybridized carbons (Fsp3) is 0.312. The van der Waals surface area contributed by atoms with Crippen molar-refractivity contribution >= 4 is 17.3 Å². The molecule has 1 aromatic carbocycles. The van der Waals surface area contributed by atoms with E-state index in [-0.39, 0.29) is 5.82 Å². The minimum Gasteiger partial charge on any atom is -0.380 e. The van der Waals surface area contributed by atoms with Gasteiger partial charge in [-0.2, -0.15) is 0 Å². The van der Waals surface area contributed by atoms with Gasteiger partial charge in [-0.1, -0.05) is 29.8 Å². The number of nitrogens with zero attached hydrogens (tertiary/aromatic N) is 1. The number of rotatable bonds is 3. The Morgan fingerprint density at radius 1 is 1.30 bits per heavy atom. The first-order chi connectivity index (χ1) is 9.63. The first-order valence-corrected chi connectivity index (χ1v) is 7.14. The predicted molar refractivity (Wildman–Crippen MR) is 79.8 cm³/mol. The summed E-state index contributed by atoms with van der Waals surface area (Å²) in [6.45, 7) is 1.98. The molecule has 0 aliphatic heterocycles. The summed E-state index contributed by atoms with van der Waals surface area (Å²) in [5.41, 5.74) is 2.75. The Morgan fingerprint density at radius 2 is 2.05 bits per heavy atom. The molecular weight excluding hydrogens is 275 g/mol. The van der Waals surface area contributed by atoms with Crippen LogP contribution in [-0.4, -0.2) is 11.0 Å². The zero-order chi connectivity index (χ0) is 14.1. The molecule has 1 N–H and O–H groups in total. The quantitative estimate of drug-likeness (QED) is 0.840. The van der Waals surface area contributed by atoms with Gasteiger partial charge in [0.1, 0.15) is 5.82 Å². The smallest absolute Gasteiger partial charge is 0.152 e. The van der Waals surface area contributed by atoms with Gasteiger partial charge < -0.3 is 5.32 Å². The first kappa shape index (κ1) is 13.4. The maximum atomic E-state index is 13.7. The molecule has 1 aliphatic rings. The number of nitrogens with one attached hydrogen (secondary N) is 1. The van der Waals surface area contributed by atoms with Crippen molar-refractivity contribution in [2.24, 2.45) is 0 Å². The van der Waals surface area contributed by atoms with Crippen molar-refractivity contribution in [3.8, 4) is 0 Å². The lowest BCUT2D eigenvalue weighted by atomic mass is 9.75. The van der Waals surface area contributed by atoms with Crippen LogP contribution >= 0.6 is 11.6 Å². The average molecular weight is 291 g/mol. The number of benzene rings is 1. The van der Waals surface area contributed by atoms with Crippen LogP contribution in [0.15, 0.2) is 36.5 Å². The van der Waals surface area contributed by atoms with Gasteiger partial charge in [0.15, 0.2) is 5.15 Å². The summed E-state index contributed by atoms with van der Waals surface area (Å²) >= 11 is 6.07. The predicted octanol–water partition coefficient (Wildman–Crippen LogP) is 4.54. The third kappa shape index (κ3) is 2.63. The third-order valence-electron chi connectivity index (χ3n) is 3.82. The van der Waals surface area contributed by atoms with Crippen LogP contribution in [0.3, 0.4) is 0 Å². The number of aromatic nitrogens is 1. The summed E-state index contributed by atoms with van der Waals surface area (Å²) in [4.78, 5) is 4.12. The minimum atomic E-state index is -0.105. The van der Waals surface area contributed by atoms with Crippen LogP contribution in [0.5, 0.6) is 0 Å². The molecule has 0 amide bonds. The Bertz CT molecular complexity index is 624. The number of hydrogen-bond acceptors (Lipinski definition) is 2. The largest absolute Gasteiger partial charge is 0.380 e. The number of anilines is 1. The highest BCUT2D eigenvalue weighted by Crippen LogP contribution is 2.40. The molecule has 104 valence electrons. The molecule has 1 fully saturated rings. The summed E-state index contributed by atoms with van der Waals surface area (Å²) < 4.78 is 13.7. The van der Waals surface area contributed by atoms with Gasteiger partial charge in [-0.3, -0.25) is 0 Å². The molecule has 4 heteroatoms. The molecule has 0 spiro atoms. The van der Waals surface area contributed by atoms with Crippen molar-refractivity contribution in [3.63, 3.8) is 0 Å².